The number of aromatic hydroxyl groups is 1. The van der Waals surface area contributed by atoms with Crippen LogP contribution in [-0.4, -0.2) is 15.1 Å². The lowest BCUT2D eigenvalue weighted by molar-refractivity contribution is 0.477. The van der Waals surface area contributed by atoms with Crippen molar-refractivity contribution < 1.29 is 5.11 Å². The zero-order valence-corrected chi connectivity index (χ0v) is 26.1. The number of phenolic OH excluding ortho intramolecular Hbond substituents is 1. The van der Waals surface area contributed by atoms with Crippen molar-refractivity contribution in [3.8, 4) is 55.9 Å². The highest BCUT2D eigenvalue weighted by Crippen LogP contribution is 2.43. The lowest BCUT2D eigenvalue weighted by atomic mass is 9.91. The van der Waals surface area contributed by atoms with Crippen LogP contribution in [-0.2, 0) is 6.42 Å². The monoisotopic (exact) mass is 621 g/mol. The van der Waals surface area contributed by atoms with Crippen molar-refractivity contribution >= 4 is 32.3 Å². The van der Waals surface area contributed by atoms with Gasteiger partial charge in [0.15, 0.2) is 0 Å². The molecule has 0 saturated carbocycles. The SMILES string of the molecule is N#Cc1cnc(-c2cc(-c3cc(Cc4ccccc4)cc4sc(-c5ccccc5O)nc34)c3ccccc3c2)cc1-c1ccccc1. The molecule has 4 nitrogen and oxygen atoms in total. The van der Waals surface area contributed by atoms with Gasteiger partial charge in [-0.2, -0.15) is 5.26 Å². The van der Waals surface area contributed by atoms with Gasteiger partial charge in [0.05, 0.1) is 27.0 Å². The molecular weight excluding hydrogens is 595 g/mol. The first-order valence-electron chi connectivity index (χ1n) is 15.4. The summed E-state index contributed by atoms with van der Waals surface area (Å²) in [5, 5.41) is 23.6. The van der Waals surface area contributed by atoms with Crippen LogP contribution in [0.25, 0.3) is 65.1 Å². The van der Waals surface area contributed by atoms with Gasteiger partial charge in [-0.25, -0.2) is 4.98 Å². The standard InChI is InChI=1S/C42H27N3OS/c43-25-32-26-44-38(24-35(32)29-13-5-2-6-14-29)31-22-30-15-7-8-16-33(30)36(23-31)37-20-28(19-27-11-3-1-4-12-27)21-40-41(37)45-42(47-40)34-17-9-10-18-39(34)46/h1-18,20-24,26,46H,19H2. The van der Waals surface area contributed by atoms with Gasteiger partial charge in [-0.05, 0) is 81.9 Å². The Labute approximate surface area is 276 Å². The molecule has 5 heteroatoms. The number of fused-ring (bicyclic) bond motifs is 2. The third kappa shape index (κ3) is 5.42. The van der Waals surface area contributed by atoms with Crippen LogP contribution in [0.3, 0.4) is 0 Å². The summed E-state index contributed by atoms with van der Waals surface area (Å²) in [6, 6.07) is 49.4. The summed E-state index contributed by atoms with van der Waals surface area (Å²) >= 11 is 1.59. The smallest absolute Gasteiger partial charge is 0.128 e. The predicted molar refractivity (Wildman–Crippen MR) is 192 cm³/mol. The lowest BCUT2D eigenvalue weighted by Crippen LogP contribution is -1.94. The number of phenols is 1. The van der Waals surface area contributed by atoms with Crippen LogP contribution in [0, 0.1) is 11.3 Å². The van der Waals surface area contributed by atoms with Crippen LogP contribution in [0.5, 0.6) is 5.75 Å². The Morgan fingerprint density at radius 3 is 2.19 bits per heavy atom. The van der Waals surface area contributed by atoms with Crippen LogP contribution in [0.4, 0.5) is 0 Å². The first kappa shape index (κ1) is 28.4. The van der Waals surface area contributed by atoms with Gasteiger partial charge in [-0.1, -0.05) is 97.1 Å². The molecule has 2 aromatic heterocycles. The molecule has 0 atom stereocenters. The Morgan fingerprint density at radius 2 is 1.38 bits per heavy atom. The first-order valence-corrected chi connectivity index (χ1v) is 16.2. The van der Waals surface area contributed by atoms with E-state index in [1.165, 1.54) is 11.1 Å². The maximum absolute atomic E-state index is 10.7. The van der Waals surface area contributed by atoms with E-state index in [2.05, 4.69) is 78.9 Å². The van der Waals surface area contributed by atoms with E-state index in [-0.39, 0.29) is 5.75 Å². The number of hydrogen-bond acceptors (Lipinski definition) is 5. The molecule has 0 amide bonds. The normalized spacial score (nSPS) is 11.1. The summed E-state index contributed by atoms with van der Waals surface area (Å²) < 4.78 is 1.06. The summed E-state index contributed by atoms with van der Waals surface area (Å²) in [6.07, 6.45) is 2.45. The van der Waals surface area contributed by atoms with Crippen molar-refractivity contribution in [2.24, 2.45) is 0 Å². The maximum Gasteiger partial charge on any atom is 0.128 e. The Bertz CT molecular complexity index is 2460. The summed E-state index contributed by atoms with van der Waals surface area (Å²) in [6.45, 7) is 0. The summed E-state index contributed by atoms with van der Waals surface area (Å²) in [5.41, 5.74) is 10.2. The minimum Gasteiger partial charge on any atom is -0.507 e. The Balaban J connectivity index is 1.37. The molecule has 8 aromatic rings. The summed E-state index contributed by atoms with van der Waals surface area (Å²) in [4.78, 5) is 9.93. The quantitative estimate of drug-likeness (QED) is 0.201. The van der Waals surface area contributed by atoms with Gasteiger partial charge >= 0.3 is 0 Å². The fourth-order valence-electron chi connectivity index (χ4n) is 6.24. The second kappa shape index (κ2) is 12.0. The van der Waals surface area contributed by atoms with Crippen LogP contribution < -0.4 is 0 Å². The Kier molecular flexibility index (Phi) is 7.26. The van der Waals surface area contributed by atoms with E-state index in [4.69, 9.17) is 9.97 Å². The molecule has 222 valence electrons. The highest BCUT2D eigenvalue weighted by molar-refractivity contribution is 7.21. The second-order valence-corrected chi connectivity index (χ2v) is 12.6. The van der Waals surface area contributed by atoms with Crippen molar-refractivity contribution in [1.29, 1.82) is 5.26 Å². The van der Waals surface area contributed by atoms with Gasteiger partial charge in [0.25, 0.3) is 0 Å². The molecule has 8 rings (SSSR count). The van der Waals surface area contributed by atoms with E-state index in [0.717, 1.165) is 71.5 Å². The molecule has 0 saturated heterocycles. The number of rotatable bonds is 6. The molecular formula is C42H27N3OS. The molecule has 0 fully saturated rings. The van der Waals surface area contributed by atoms with Crippen molar-refractivity contribution in [3.05, 3.63) is 162 Å². The highest BCUT2D eigenvalue weighted by atomic mass is 32.1. The number of aromatic nitrogens is 2. The molecule has 0 radical (unpaired) electrons. The number of hydrogen-bond donors (Lipinski definition) is 1. The zero-order valence-electron chi connectivity index (χ0n) is 25.3. The number of pyridine rings is 1. The third-order valence-electron chi connectivity index (χ3n) is 8.50. The van der Waals surface area contributed by atoms with Gasteiger partial charge in [0.1, 0.15) is 16.8 Å². The molecule has 0 aliphatic carbocycles. The first-order chi connectivity index (χ1) is 23.1. The average Bonchev–Trinajstić information content (AvgIpc) is 3.55. The number of benzene rings is 6. The molecule has 47 heavy (non-hydrogen) atoms. The van der Waals surface area contributed by atoms with Crippen LogP contribution >= 0.6 is 11.3 Å². The Hall–Kier alpha value is -6.09. The molecule has 0 spiro atoms. The Morgan fingerprint density at radius 1 is 0.638 bits per heavy atom. The number of thiazole rings is 1. The average molecular weight is 622 g/mol. The number of nitriles is 1. The van der Waals surface area contributed by atoms with Gasteiger partial charge in [-0.3, -0.25) is 4.98 Å². The maximum atomic E-state index is 10.7. The van der Waals surface area contributed by atoms with Gasteiger partial charge in [0, 0.05) is 22.9 Å². The van der Waals surface area contributed by atoms with E-state index < -0.39 is 0 Å². The topological polar surface area (TPSA) is 69.8 Å². The van der Waals surface area contributed by atoms with Crippen molar-refractivity contribution in [2.45, 2.75) is 6.42 Å². The van der Waals surface area contributed by atoms with E-state index in [0.29, 0.717) is 5.56 Å². The van der Waals surface area contributed by atoms with E-state index in [1.807, 2.05) is 60.7 Å². The zero-order chi connectivity index (χ0) is 31.7. The molecule has 0 aliphatic heterocycles. The van der Waals surface area contributed by atoms with Crippen molar-refractivity contribution in [3.63, 3.8) is 0 Å². The fourth-order valence-corrected chi connectivity index (χ4v) is 7.33. The molecule has 0 unspecified atom stereocenters. The van der Waals surface area contributed by atoms with E-state index in [1.54, 1.807) is 23.6 Å². The van der Waals surface area contributed by atoms with Gasteiger partial charge in [-0.15, -0.1) is 11.3 Å². The lowest BCUT2D eigenvalue weighted by Gasteiger charge is -2.14. The van der Waals surface area contributed by atoms with Crippen molar-refractivity contribution in [2.75, 3.05) is 0 Å². The molecule has 6 aromatic carbocycles. The molecule has 2 heterocycles. The summed E-state index contributed by atoms with van der Waals surface area (Å²) in [5.74, 6) is 0.214. The largest absolute Gasteiger partial charge is 0.507 e. The van der Waals surface area contributed by atoms with E-state index in [9.17, 15) is 10.4 Å². The van der Waals surface area contributed by atoms with Crippen LogP contribution in [0.1, 0.15) is 16.7 Å². The van der Waals surface area contributed by atoms with Crippen LogP contribution in [0.15, 0.2) is 146 Å². The molecule has 0 bridgehead atoms. The minimum absolute atomic E-state index is 0.214. The third-order valence-corrected chi connectivity index (χ3v) is 9.53. The van der Waals surface area contributed by atoms with Crippen LogP contribution in [0.2, 0.25) is 0 Å². The highest BCUT2D eigenvalue weighted by Gasteiger charge is 2.19. The van der Waals surface area contributed by atoms with Gasteiger partial charge < -0.3 is 5.11 Å². The molecule has 1 N–H and O–H groups in total. The van der Waals surface area contributed by atoms with E-state index >= 15 is 0 Å². The predicted octanol–water partition coefficient (Wildman–Crippen LogP) is 10.7. The van der Waals surface area contributed by atoms with Gasteiger partial charge in [0.2, 0.25) is 0 Å². The van der Waals surface area contributed by atoms with Crippen molar-refractivity contribution in [1.82, 2.24) is 9.97 Å². The summed E-state index contributed by atoms with van der Waals surface area (Å²) in [7, 11) is 0. The number of para-hydroxylation sites is 1. The fraction of sp³-hybridized carbons (Fsp3) is 0.0238. The second-order valence-electron chi connectivity index (χ2n) is 11.5. The number of nitrogens with zero attached hydrogens (tertiary/aromatic N) is 3. The minimum atomic E-state index is 0.214. The molecule has 0 aliphatic rings.